The van der Waals surface area contributed by atoms with Gasteiger partial charge in [-0.05, 0) is 43.4 Å². The van der Waals surface area contributed by atoms with Crippen LogP contribution in [-0.2, 0) is 6.42 Å². The van der Waals surface area contributed by atoms with E-state index in [1.165, 1.54) is 16.7 Å². The summed E-state index contributed by atoms with van der Waals surface area (Å²) >= 11 is 0. The van der Waals surface area contributed by atoms with Crippen molar-refractivity contribution in [2.75, 3.05) is 0 Å². The van der Waals surface area contributed by atoms with Gasteiger partial charge in [-0.25, -0.2) is 0 Å². The molecule has 0 aliphatic heterocycles. The van der Waals surface area contributed by atoms with E-state index in [1.807, 2.05) is 6.92 Å². The Bertz CT molecular complexity index is 258. The quantitative estimate of drug-likeness (QED) is 0.754. The molecule has 0 radical (unpaired) electrons. The average Bonchev–Trinajstić information content (AvgIpc) is 2.11. The van der Waals surface area contributed by atoms with E-state index in [9.17, 15) is 5.11 Å². The van der Waals surface area contributed by atoms with Gasteiger partial charge >= 0.3 is 0 Å². The highest BCUT2D eigenvalue weighted by Crippen LogP contribution is 2.16. The lowest BCUT2D eigenvalue weighted by atomic mass is 9.97. The lowest BCUT2D eigenvalue weighted by Gasteiger charge is -2.12. The highest BCUT2D eigenvalue weighted by Gasteiger charge is 2.07. The smallest absolute Gasteiger partial charge is 0.0578 e. The normalized spacial score (nSPS) is 12.9. The van der Waals surface area contributed by atoms with Crippen LogP contribution in [-0.4, -0.2) is 11.2 Å². The van der Waals surface area contributed by atoms with Crippen LogP contribution < -0.4 is 0 Å². The molecular weight excluding hydrogens is 160 g/mol. The molecule has 1 nitrogen and oxygen atoms in total. The van der Waals surface area contributed by atoms with Crippen LogP contribution in [0.5, 0.6) is 0 Å². The molecule has 0 bridgehead atoms. The molecular formula is C12H18O. The van der Waals surface area contributed by atoms with E-state index in [1.54, 1.807) is 0 Å². The molecule has 72 valence electrons. The highest BCUT2D eigenvalue weighted by atomic mass is 16.3. The molecule has 1 aromatic carbocycles. The Labute approximate surface area is 80.4 Å². The van der Waals surface area contributed by atoms with Crippen LogP contribution in [0.4, 0.5) is 0 Å². The van der Waals surface area contributed by atoms with E-state index in [0.717, 1.165) is 12.8 Å². The Kier molecular flexibility index (Phi) is 3.49. The van der Waals surface area contributed by atoms with Crippen molar-refractivity contribution in [3.63, 3.8) is 0 Å². The van der Waals surface area contributed by atoms with Crippen LogP contribution in [0.15, 0.2) is 18.2 Å². The predicted octanol–water partition coefficient (Wildman–Crippen LogP) is 2.62. The second-order valence-corrected chi connectivity index (χ2v) is 3.64. The summed E-state index contributed by atoms with van der Waals surface area (Å²) in [7, 11) is 0. The lowest BCUT2D eigenvalue weighted by Crippen LogP contribution is -2.10. The SMILES string of the molecule is CCC(O)Cc1c(C)cccc1C. The van der Waals surface area contributed by atoms with E-state index < -0.39 is 0 Å². The van der Waals surface area contributed by atoms with Crippen LogP contribution >= 0.6 is 0 Å². The minimum absolute atomic E-state index is 0.195. The summed E-state index contributed by atoms with van der Waals surface area (Å²) < 4.78 is 0. The number of benzene rings is 1. The molecule has 0 saturated carbocycles. The first kappa shape index (κ1) is 10.3. The zero-order valence-corrected chi connectivity index (χ0v) is 8.67. The van der Waals surface area contributed by atoms with Crippen molar-refractivity contribution in [2.45, 2.75) is 39.7 Å². The fourth-order valence-corrected chi connectivity index (χ4v) is 1.55. The summed E-state index contributed by atoms with van der Waals surface area (Å²) in [4.78, 5) is 0. The van der Waals surface area contributed by atoms with Crippen LogP contribution in [0, 0.1) is 13.8 Å². The van der Waals surface area contributed by atoms with Crippen molar-refractivity contribution in [1.29, 1.82) is 0 Å². The Morgan fingerprint density at radius 2 is 1.77 bits per heavy atom. The van der Waals surface area contributed by atoms with Gasteiger partial charge in [0.1, 0.15) is 0 Å². The molecule has 1 N–H and O–H groups in total. The zero-order chi connectivity index (χ0) is 9.84. The summed E-state index contributed by atoms with van der Waals surface area (Å²) in [6, 6.07) is 6.27. The Morgan fingerprint density at radius 1 is 1.23 bits per heavy atom. The average molecular weight is 178 g/mol. The molecule has 1 aromatic rings. The lowest BCUT2D eigenvalue weighted by molar-refractivity contribution is 0.170. The van der Waals surface area contributed by atoms with Crippen molar-refractivity contribution in [1.82, 2.24) is 0 Å². The molecule has 1 unspecified atom stereocenters. The maximum absolute atomic E-state index is 9.56. The first-order valence-electron chi connectivity index (χ1n) is 4.88. The van der Waals surface area contributed by atoms with Crippen molar-refractivity contribution >= 4 is 0 Å². The van der Waals surface area contributed by atoms with E-state index in [-0.39, 0.29) is 6.10 Å². The van der Waals surface area contributed by atoms with Gasteiger partial charge in [0.25, 0.3) is 0 Å². The van der Waals surface area contributed by atoms with Crippen molar-refractivity contribution < 1.29 is 5.11 Å². The van der Waals surface area contributed by atoms with Crippen molar-refractivity contribution in [2.24, 2.45) is 0 Å². The van der Waals surface area contributed by atoms with Crippen molar-refractivity contribution in [3.8, 4) is 0 Å². The molecule has 0 aliphatic carbocycles. The Balaban J connectivity index is 2.87. The van der Waals surface area contributed by atoms with Gasteiger partial charge in [-0.15, -0.1) is 0 Å². The fourth-order valence-electron chi connectivity index (χ4n) is 1.55. The second kappa shape index (κ2) is 4.43. The monoisotopic (exact) mass is 178 g/mol. The minimum atomic E-state index is -0.195. The van der Waals surface area contributed by atoms with Crippen molar-refractivity contribution in [3.05, 3.63) is 34.9 Å². The van der Waals surface area contributed by atoms with Gasteiger partial charge in [0.05, 0.1) is 6.10 Å². The van der Waals surface area contributed by atoms with Crippen LogP contribution in [0.2, 0.25) is 0 Å². The summed E-state index contributed by atoms with van der Waals surface area (Å²) in [6.07, 6.45) is 1.42. The number of hydrogen-bond acceptors (Lipinski definition) is 1. The van der Waals surface area contributed by atoms with Gasteiger partial charge in [0.2, 0.25) is 0 Å². The molecule has 13 heavy (non-hydrogen) atoms. The van der Waals surface area contributed by atoms with Gasteiger partial charge in [0.15, 0.2) is 0 Å². The van der Waals surface area contributed by atoms with E-state index in [4.69, 9.17) is 0 Å². The molecule has 1 heteroatoms. The number of aliphatic hydroxyl groups excluding tert-OH is 1. The molecule has 0 saturated heterocycles. The molecule has 0 heterocycles. The van der Waals surface area contributed by atoms with Gasteiger partial charge in [-0.3, -0.25) is 0 Å². The number of hydrogen-bond donors (Lipinski definition) is 1. The molecule has 0 amide bonds. The third-order valence-electron chi connectivity index (χ3n) is 2.56. The number of aryl methyl sites for hydroxylation is 2. The first-order chi connectivity index (χ1) is 6.15. The Morgan fingerprint density at radius 3 is 2.23 bits per heavy atom. The third kappa shape index (κ3) is 2.56. The van der Waals surface area contributed by atoms with E-state index in [0.29, 0.717) is 0 Å². The topological polar surface area (TPSA) is 20.2 Å². The minimum Gasteiger partial charge on any atom is -0.393 e. The molecule has 0 aliphatic rings. The third-order valence-corrected chi connectivity index (χ3v) is 2.56. The predicted molar refractivity (Wildman–Crippen MR) is 55.9 cm³/mol. The Hall–Kier alpha value is -0.820. The molecule has 0 spiro atoms. The maximum atomic E-state index is 9.56. The summed E-state index contributed by atoms with van der Waals surface area (Å²) in [5, 5.41) is 9.56. The number of rotatable bonds is 3. The second-order valence-electron chi connectivity index (χ2n) is 3.64. The van der Waals surface area contributed by atoms with Crippen LogP contribution in [0.1, 0.15) is 30.0 Å². The van der Waals surface area contributed by atoms with Gasteiger partial charge in [-0.1, -0.05) is 25.1 Å². The number of aliphatic hydroxyl groups is 1. The summed E-state index contributed by atoms with van der Waals surface area (Å²) in [6.45, 7) is 6.22. The van der Waals surface area contributed by atoms with Gasteiger partial charge in [0, 0.05) is 0 Å². The molecule has 0 aromatic heterocycles. The van der Waals surface area contributed by atoms with Crippen LogP contribution in [0.25, 0.3) is 0 Å². The maximum Gasteiger partial charge on any atom is 0.0578 e. The van der Waals surface area contributed by atoms with Gasteiger partial charge < -0.3 is 5.11 Å². The highest BCUT2D eigenvalue weighted by molar-refractivity contribution is 5.33. The molecule has 1 rings (SSSR count). The van der Waals surface area contributed by atoms with E-state index >= 15 is 0 Å². The molecule has 1 atom stereocenters. The largest absolute Gasteiger partial charge is 0.393 e. The zero-order valence-electron chi connectivity index (χ0n) is 8.67. The van der Waals surface area contributed by atoms with E-state index in [2.05, 4.69) is 32.0 Å². The molecule has 0 fully saturated rings. The summed E-state index contributed by atoms with van der Waals surface area (Å²) in [5.74, 6) is 0. The van der Waals surface area contributed by atoms with Gasteiger partial charge in [-0.2, -0.15) is 0 Å². The first-order valence-corrected chi connectivity index (χ1v) is 4.88. The summed E-state index contributed by atoms with van der Waals surface area (Å²) in [5.41, 5.74) is 3.87. The van der Waals surface area contributed by atoms with Crippen LogP contribution in [0.3, 0.4) is 0 Å². The standard InChI is InChI=1S/C12H18O/c1-4-11(13)8-12-9(2)6-5-7-10(12)3/h5-7,11,13H,4,8H2,1-3H3. The fraction of sp³-hybridized carbons (Fsp3) is 0.500.